The third-order valence-corrected chi connectivity index (χ3v) is 5.14. The molecule has 1 fully saturated rings. The molecule has 0 unspecified atom stereocenters. The maximum absolute atomic E-state index is 13.6. The van der Waals surface area contributed by atoms with Crippen LogP contribution in [0.3, 0.4) is 0 Å². The molecule has 1 saturated heterocycles. The first-order valence-corrected chi connectivity index (χ1v) is 9.78. The highest BCUT2D eigenvalue weighted by Crippen LogP contribution is 2.23. The normalized spacial score (nSPS) is 16.2. The lowest BCUT2D eigenvalue weighted by Crippen LogP contribution is -2.41. The zero-order valence-electron chi connectivity index (χ0n) is 16.4. The van der Waals surface area contributed by atoms with Gasteiger partial charge >= 0.3 is 0 Å². The van der Waals surface area contributed by atoms with Crippen LogP contribution < -0.4 is 15.8 Å². The first-order chi connectivity index (χ1) is 14.9. The van der Waals surface area contributed by atoms with Gasteiger partial charge in [0.1, 0.15) is 11.6 Å². The van der Waals surface area contributed by atoms with Crippen molar-refractivity contribution in [3.63, 3.8) is 0 Å². The Morgan fingerprint density at radius 1 is 1.03 bits per heavy atom. The third-order valence-electron chi connectivity index (χ3n) is 5.14. The topological polar surface area (TPSA) is 67.2 Å². The van der Waals surface area contributed by atoms with Crippen molar-refractivity contribution in [1.29, 1.82) is 0 Å². The molecule has 0 radical (unpaired) electrons. The van der Waals surface area contributed by atoms with E-state index in [9.17, 15) is 22.8 Å². The Hall–Kier alpha value is -3.62. The number of anilines is 2. The monoisotopic (exact) mass is 428 g/mol. The van der Waals surface area contributed by atoms with Gasteiger partial charge in [0, 0.05) is 30.9 Å². The van der Waals surface area contributed by atoms with Crippen molar-refractivity contribution in [2.75, 3.05) is 23.3 Å². The van der Waals surface area contributed by atoms with E-state index < -0.39 is 28.9 Å². The molecule has 1 aromatic heterocycles. The molecule has 4 rings (SSSR count). The largest absolute Gasteiger partial charge is 0.354 e. The third kappa shape index (κ3) is 4.60. The van der Waals surface area contributed by atoms with E-state index in [1.54, 1.807) is 12.1 Å². The Morgan fingerprint density at radius 2 is 1.87 bits per heavy atom. The van der Waals surface area contributed by atoms with Crippen LogP contribution in [0, 0.1) is 23.4 Å². The fourth-order valence-electron chi connectivity index (χ4n) is 3.58. The summed E-state index contributed by atoms with van der Waals surface area (Å²) in [5, 5.41) is 6.96. The van der Waals surface area contributed by atoms with Gasteiger partial charge in [0.05, 0.1) is 11.6 Å². The van der Waals surface area contributed by atoms with Crippen molar-refractivity contribution in [2.45, 2.75) is 12.8 Å². The van der Waals surface area contributed by atoms with Gasteiger partial charge < -0.3 is 10.2 Å². The molecule has 2 heterocycles. The van der Waals surface area contributed by atoms with Crippen LogP contribution in [0.15, 0.2) is 59.4 Å². The van der Waals surface area contributed by atoms with Crippen LogP contribution in [0.4, 0.5) is 24.7 Å². The quantitative estimate of drug-likeness (QED) is 0.691. The van der Waals surface area contributed by atoms with Crippen molar-refractivity contribution >= 4 is 17.4 Å². The first-order valence-electron chi connectivity index (χ1n) is 9.78. The highest BCUT2D eigenvalue weighted by atomic mass is 19.2. The summed E-state index contributed by atoms with van der Waals surface area (Å²) < 4.78 is 41.2. The molecule has 1 amide bonds. The lowest BCUT2D eigenvalue weighted by molar-refractivity contribution is -0.120. The van der Waals surface area contributed by atoms with Crippen LogP contribution in [0.25, 0.3) is 5.69 Å². The predicted molar refractivity (Wildman–Crippen MR) is 110 cm³/mol. The molecule has 9 heteroatoms. The number of halogens is 3. The molecule has 2 aromatic carbocycles. The number of hydrogen-bond donors (Lipinski definition) is 1. The summed E-state index contributed by atoms with van der Waals surface area (Å²) in [5.74, 6) is -2.74. The van der Waals surface area contributed by atoms with E-state index in [-0.39, 0.29) is 11.6 Å². The van der Waals surface area contributed by atoms with E-state index in [1.807, 2.05) is 4.90 Å². The highest BCUT2D eigenvalue weighted by molar-refractivity contribution is 5.93. The van der Waals surface area contributed by atoms with Gasteiger partial charge in [-0.2, -0.15) is 4.68 Å². The van der Waals surface area contributed by atoms with Gasteiger partial charge in [-0.1, -0.05) is 6.07 Å². The molecule has 6 nitrogen and oxygen atoms in total. The fourth-order valence-corrected chi connectivity index (χ4v) is 3.58. The zero-order valence-corrected chi connectivity index (χ0v) is 16.4. The summed E-state index contributed by atoms with van der Waals surface area (Å²) in [6.45, 7) is 0.965. The van der Waals surface area contributed by atoms with Crippen LogP contribution in [0.2, 0.25) is 0 Å². The molecule has 0 bridgehead atoms. The summed E-state index contributed by atoms with van der Waals surface area (Å²) in [6.07, 6.45) is 1.33. The summed E-state index contributed by atoms with van der Waals surface area (Å²) in [7, 11) is 0. The number of nitrogens with zero attached hydrogens (tertiary/aromatic N) is 3. The fraction of sp³-hybridized carbons (Fsp3) is 0.227. The molecule has 0 saturated carbocycles. The highest BCUT2D eigenvalue weighted by Gasteiger charge is 2.27. The molecular weight excluding hydrogens is 409 g/mol. The smallest absolute Gasteiger partial charge is 0.271 e. The standard InChI is InChI=1S/C22H19F3N4O2/c23-15-4-1-5-17(11-15)29-21(30)9-8-20(27-29)28-10-2-3-14(13-28)22(31)26-16-6-7-18(24)19(25)12-16/h1,4-9,11-12,14H,2-3,10,13H2,(H,26,31)/t14-/m1/s1. The molecule has 1 atom stereocenters. The Bertz CT molecular complexity index is 1180. The Morgan fingerprint density at radius 3 is 2.65 bits per heavy atom. The van der Waals surface area contributed by atoms with Crippen LogP contribution >= 0.6 is 0 Å². The van der Waals surface area contributed by atoms with Crippen molar-refractivity contribution in [1.82, 2.24) is 9.78 Å². The molecular formula is C22H19F3N4O2. The molecule has 1 aliphatic rings. The van der Waals surface area contributed by atoms with Crippen LogP contribution in [-0.4, -0.2) is 28.8 Å². The van der Waals surface area contributed by atoms with E-state index in [4.69, 9.17) is 0 Å². The zero-order chi connectivity index (χ0) is 22.0. The lowest BCUT2D eigenvalue weighted by Gasteiger charge is -2.32. The Kier molecular flexibility index (Phi) is 5.75. The van der Waals surface area contributed by atoms with Crippen molar-refractivity contribution in [3.05, 3.63) is 82.4 Å². The molecule has 1 aliphatic heterocycles. The molecule has 160 valence electrons. The van der Waals surface area contributed by atoms with Crippen molar-refractivity contribution < 1.29 is 18.0 Å². The number of rotatable bonds is 4. The van der Waals surface area contributed by atoms with Gasteiger partial charge in [-0.15, -0.1) is 5.10 Å². The van der Waals surface area contributed by atoms with E-state index in [0.717, 1.165) is 16.8 Å². The molecule has 0 spiro atoms. The summed E-state index contributed by atoms with van der Waals surface area (Å²) >= 11 is 0. The van der Waals surface area contributed by atoms with Crippen molar-refractivity contribution in [2.24, 2.45) is 5.92 Å². The van der Waals surface area contributed by atoms with Crippen LogP contribution in [-0.2, 0) is 4.79 Å². The Balaban J connectivity index is 1.52. The number of hydrogen-bond acceptors (Lipinski definition) is 4. The lowest BCUT2D eigenvalue weighted by atomic mass is 9.97. The van der Waals surface area contributed by atoms with Crippen molar-refractivity contribution in [3.8, 4) is 5.69 Å². The maximum Gasteiger partial charge on any atom is 0.271 e. The molecule has 3 aromatic rings. The van der Waals surface area contributed by atoms with Crippen LogP contribution in [0.5, 0.6) is 0 Å². The number of carbonyl (C=O) groups excluding carboxylic acids is 1. The summed E-state index contributed by atoms with van der Waals surface area (Å²) in [6, 6.07) is 11.7. The van der Waals surface area contributed by atoms with Gasteiger partial charge in [-0.25, -0.2) is 13.2 Å². The second-order valence-electron chi connectivity index (χ2n) is 7.32. The molecule has 31 heavy (non-hydrogen) atoms. The predicted octanol–water partition coefficient (Wildman–Crippen LogP) is 3.50. The van der Waals surface area contributed by atoms with E-state index >= 15 is 0 Å². The average molecular weight is 428 g/mol. The molecule has 1 N–H and O–H groups in total. The SMILES string of the molecule is O=C(Nc1ccc(F)c(F)c1)[C@@H]1CCCN(c2ccc(=O)n(-c3cccc(F)c3)n2)C1. The van der Waals surface area contributed by atoms with Gasteiger partial charge in [-0.05, 0) is 49.2 Å². The Labute approximate surface area is 175 Å². The second kappa shape index (κ2) is 8.63. The number of piperidine rings is 1. The molecule has 0 aliphatic carbocycles. The van der Waals surface area contributed by atoms with Gasteiger partial charge in [0.25, 0.3) is 5.56 Å². The average Bonchev–Trinajstić information content (AvgIpc) is 2.77. The summed E-state index contributed by atoms with van der Waals surface area (Å²) in [5.41, 5.74) is 0.0780. The first kappa shape index (κ1) is 20.6. The van der Waals surface area contributed by atoms with Gasteiger partial charge in [0.2, 0.25) is 5.91 Å². The number of aromatic nitrogens is 2. The minimum absolute atomic E-state index is 0.179. The maximum atomic E-state index is 13.6. The van der Waals surface area contributed by atoms with Gasteiger partial charge in [0.15, 0.2) is 11.6 Å². The number of amides is 1. The number of nitrogens with one attached hydrogen (secondary N) is 1. The van der Waals surface area contributed by atoms with E-state index in [0.29, 0.717) is 37.4 Å². The summed E-state index contributed by atoms with van der Waals surface area (Å²) in [4.78, 5) is 26.7. The van der Waals surface area contributed by atoms with E-state index in [1.165, 1.54) is 30.3 Å². The minimum atomic E-state index is -1.04. The number of carbonyl (C=O) groups is 1. The second-order valence-corrected chi connectivity index (χ2v) is 7.32. The van der Waals surface area contributed by atoms with Crippen LogP contribution in [0.1, 0.15) is 12.8 Å². The van der Waals surface area contributed by atoms with E-state index in [2.05, 4.69) is 10.4 Å². The van der Waals surface area contributed by atoms with Gasteiger partial charge in [-0.3, -0.25) is 9.59 Å². The minimum Gasteiger partial charge on any atom is -0.354 e. The number of benzene rings is 2.